The van der Waals surface area contributed by atoms with Crippen molar-refractivity contribution in [2.24, 2.45) is 5.92 Å². The predicted octanol–water partition coefficient (Wildman–Crippen LogP) is 3.31. The van der Waals surface area contributed by atoms with Gasteiger partial charge in [0.1, 0.15) is 0 Å². The fourth-order valence-corrected chi connectivity index (χ4v) is 3.87. The Morgan fingerprint density at radius 2 is 2.15 bits per heavy atom. The maximum absolute atomic E-state index is 12.5. The van der Waals surface area contributed by atoms with Gasteiger partial charge in [0, 0.05) is 38.3 Å². The number of carbonyl (C=O) groups is 2. The van der Waals surface area contributed by atoms with Crippen LogP contribution in [-0.2, 0) is 9.53 Å². The van der Waals surface area contributed by atoms with Gasteiger partial charge in [-0.1, -0.05) is 12.1 Å². The van der Waals surface area contributed by atoms with E-state index < -0.39 is 0 Å². The Hall–Kier alpha value is -2.08. The molecule has 0 bridgehead atoms. The van der Waals surface area contributed by atoms with E-state index in [9.17, 15) is 9.59 Å². The van der Waals surface area contributed by atoms with E-state index >= 15 is 0 Å². The highest BCUT2D eigenvalue weighted by molar-refractivity contribution is 5.89. The summed E-state index contributed by atoms with van der Waals surface area (Å²) < 4.78 is 5.53. The van der Waals surface area contributed by atoms with E-state index in [4.69, 9.17) is 4.74 Å². The highest BCUT2D eigenvalue weighted by atomic mass is 16.5. The summed E-state index contributed by atoms with van der Waals surface area (Å²) in [5.74, 6) is 0.474. The van der Waals surface area contributed by atoms with Crippen molar-refractivity contribution in [3.8, 4) is 0 Å². The van der Waals surface area contributed by atoms with Gasteiger partial charge in [-0.2, -0.15) is 0 Å². The Kier molecular flexibility index (Phi) is 7.10. The zero-order chi connectivity index (χ0) is 19.1. The quantitative estimate of drug-likeness (QED) is 0.804. The van der Waals surface area contributed by atoms with Crippen LogP contribution < -0.4 is 10.6 Å². The molecule has 2 aliphatic heterocycles. The molecule has 2 N–H and O–H groups in total. The summed E-state index contributed by atoms with van der Waals surface area (Å²) in [7, 11) is 0. The highest BCUT2D eigenvalue weighted by Crippen LogP contribution is 2.22. The zero-order valence-electron chi connectivity index (χ0n) is 16.2. The summed E-state index contributed by atoms with van der Waals surface area (Å²) in [5.41, 5.74) is 1.95. The van der Waals surface area contributed by atoms with Gasteiger partial charge in [-0.3, -0.25) is 4.79 Å². The Labute approximate surface area is 161 Å². The maximum atomic E-state index is 12.5. The Morgan fingerprint density at radius 1 is 1.26 bits per heavy atom. The van der Waals surface area contributed by atoms with Crippen molar-refractivity contribution in [1.29, 1.82) is 0 Å². The third kappa shape index (κ3) is 6.24. The third-order valence-corrected chi connectivity index (χ3v) is 5.41. The lowest BCUT2D eigenvalue weighted by Crippen LogP contribution is -2.42. The van der Waals surface area contributed by atoms with Crippen LogP contribution in [0.15, 0.2) is 24.3 Å². The van der Waals surface area contributed by atoms with Crippen molar-refractivity contribution in [2.45, 2.75) is 51.6 Å². The molecule has 1 aromatic rings. The number of carbonyl (C=O) groups excluding carboxylic acids is 2. The van der Waals surface area contributed by atoms with Crippen molar-refractivity contribution in [2.75, 3.05) is 31.6 Å². The maximum Gasteiger partial charge on any atom is 0.321 e. The third-order valence-electron chi connectivity index (χ3n) is 5.41. The van der Waals surface area contributed by atoms with Crippen LogP contribution >= 0.6 is 0 Å². The standard InChI is InChI=1S/C21H31N3O3/c1-16-5-2-7-18(13-16)23-21(26)24-11-3-6-17(15-24)9-10-20(25)22-14-19-8-4-12-27-19/h2,5,7,13,17,19H,3-4,6,8-12,14-15H2,1H3,(H,22,25)(H,23,26). The number of urea groups is 1. The molecular formula is C21H31N3O3. The van der Waals surface area contributed by atoms with Gasteiger partial charge in [-0.25, -0.2) is 4.79 Å². The molecule has 2 unspecified atom stereocenters. The molecular weight excluding hydrogens is 342 g/mol. The van der Waals surface area contributed by atoms with Crippen molar-refractivity contribution in [3.63, 3.8) is 0 Å². The molecule has 0 radical (unpaired) electrons. The number of hydrogen-bond acceptors (Lipinski definition) is 3. The van der Waals surface area contributed by atoms with Crippen LogP contribution in [0.2, 0.25) is 0 Å². The summed E-state index contributed by atoms with van der Waals surface area (Å²) >= 11 is 0. The second kappa shape index (κ2) is 9.74. The number of benzene rings is 1. The molecule has 27 heavy (non-hydrogen) atoms. The van der Waals surface area contributed by atoms with Crippen LogP contribution in [0.3, 0.4) is 0 Å². The number of anilines is 1. The van der Waals surface area contributed by atoms with E-state index in [1.54, 1.807) is 0 Å². The normalized spacial score (nSPS) is 22.5. The van der Waals surface area contributed by atoms with Crippen LogP contribution in [0, 0.1) is 12.8 Å². The lowest BCUT2D eigenvalue weighted by Gasteiger charge is -2.32. The summed E-state index contributed by atoms with van der Waals surface area (Å²) in [6.07, 6.45) is 5.72. The molecule has 2 fully saturated rings. The number of rotatable bonds is 6. The van der Waals surface area contributed by atoms with E-state index in [1.807, 2.05) is 36.1 Å². The SMILES string of the molecule is Cc1cccc(NC(=O)N2CCCC(CCC(=O)NCC3CCCO3)C2)c1. The fourth-order valence-electron chi connectivity index (χ4n) is 3.87. The average molecular weight is 373 g/mol. The first-order chi connectivity index (χ1) is 13.1. The molecule has 3 amide bonds. The number of amides is 3. The minimum atomic E-state index is -0.0480. The van der Waals surface area contributed by atoms with E-state index in [0.29, 0.717) is 18.9 Å². The van der Waals surface area contributed by atoms with Crippen molar-refractivity contribution < 1.29 is 14.3 Å². The number of nitrogens with zero attached hydrogens (tertiary/aromatic N) is 1. The second-order valence-corrected chi connectivity index (χ2v) is 7.73. The number of nitrogens with one attached hydrogen (secondary N) is 2. The second-order valence-electron chi connectivity index (χ2n) is 7.73. The van der Waals surface area contributed by atoms with Gasteiger partial charge in [0.15, 0.2) is 0 Å². The predicted molar refractivity (Wildman–Crippen MR) is 106 cm³/mol. The molecule has 6 heteroatoms. The van der Waals surface area contributed by atoms with Gasteiger partial charge in [-0.05, 0) is 62.6 Å². The van der Waals surface area contributed by atoms with Crippen LogP contribution in [0.5, 0.6) is 0 Å². The molecule has 1 aromatic carbocycles. The van der Waals surface area contributed by atoms with Crippen LogP contribution in [-0.4, -0.2) is 49.2 Å². The highest BCUT2D eigenvalue weighted by Gasteiger charge is 2.24. The molecule has 0 saturated carbocycles. The summed E-state index contributed by atoms with van der Waals surface area (Å²) in [6, 6.07) is 7.78. The van der Waals surface area contributed by atoms with Crippen LogP contribution in [0.25, 0.3) is 0 Å². The first-order valence-corrected chi connectivity index (χ1v) is 10.1. The van der Waals surface area contributed by atoms with Crippen molar-refractivity contribution in [1.82, 2.24) is 10.2 Å². The van der Waals surface area contributed by atoms with Gasteiger partial charge in [0.2, 0.25) is 5.91 Å². The van der Waals surface area contributed by atoms with Gasteiger partial charge < -0.3 is 20.3 Å². The van der Waals surface area contributed by atoms with Gasteiger partial charge >= 0.3 is 6.03 Å². The van der Waals surface area contributed by atoms with E-state index in [0.717, 1.165) is 63.1 Å². The smallest absolute Gasteiger partial charge is 0.321 e. The van der Waals surface area contributed by atoms with E-state index in [2.05, 4.69) is 10.6 Å². The molecule has 2 saturated heterocycles. The monoisotopic (exact) mass is 373 g/mol. The summed E-state index contributed by atoms with van der Waals surface area (Å²) in [6.45, 7) is 4.93. The Morgan fingerprint density at radius 3 is 2.93 bits per heavy atom. The average Bonchev–Trinajstić information content (AvgIpc) is 3.18. The number of likely N-dealkylation sites (tertiary alicyclic amines) is 1. The summed E-state index contributed by atoms with van der Waals surface area (Å²) in [5, 5.41) is 5.96. The first kappa shape index (κ1) is 19.7. The van der Waals surface area contributed by atoms with Crippen LogP contribution in [0.1, 0.15) is 44.1 Å². The lowest BCUT2D eigenvalue weighted by atomic mass is 9.93. The molecule has 2 heterocycles. The van der Waals surface area contributed by atoms with Crippen molar-refractivity contribution >= 4 is 17.6 Å². The zero-order valence-corrected chi connectivity index (χ0v) is 16.2. The number of hydrogen-bond donors (Lipinski definition) is 2. The number of aryl methyl sites for hydroxylation is 1. The topological polar surface area (TPSA) is 70.7 Å². The van der Waals surface area contributed by atoms with Gasteiger partial charge in [-0.15, -0.1) is 0 Å². The van der Waals surface area contributed by atoms with E-state index in [1.165, 1.54) is 0 Å². The molecule has 6 nitrogen and oxygen atoms in total. The Balaban J connectivity index is 1.39. The number of ether oxygens (including phenoxy) is 1. The van der Waals surface area contributed by atoms with Gasteiger partial charge in [0.25, 0.3) is 0 Å². The Bertz CT molecular complexity index is 643. The molecule has 0 aliphatic carbocycles. The van der Waals surface area contributed by atoms with Gasteiger partial charge in [0.05, 0.1) is 6.10 Å². The molecule has 3 rings (SSSR count). The molecule has 0 spiro atoms. The fraction of sp³-hybridized carbons (Fsp3) is 0.619. The molecule has 148 valence electrons. The minimum Gasteiger partial charge on any atom is -0.376 e. The summed E-state index contributed by atoms with van der Waals surface area (Å²) in [4.78, 5) is 26.5. The van der Waals surface area contributed by atoms with Crippen LogP contribution in [0.4, 0.5) is 10.5 Å². The first-order valence-electron chi connectivity index (χ1n) is 10.1. The van der Waals surface area contributed by atoms with Crippen molar-refractivity contribution in [3.05, 3.63) is 29.8 Å². The molecule has 0 aromatic heterocycles. The largest absolute Gasteiger partial charge is 0.376 e. The van der Waals surface area contributed by atoms with E-state index in [-0.39, 0.29) is 18.0 Å². The molecule has 2 atom stereocenters. The number of piperidine rings is 1. The molecule has 2 aliphatic rings. The lowest BCUT2D eigenvalue weighted by molar-refractivity contribution is -0.121. The minimum absolute atomic E-state index is 0.0480.